The second kappa shape index (κ2) is 6.70. The Hall–Kier alpha value is -3.03. The molecule has 0 atom stereocenters. The molecule has 128 valence electrons. The normalized spacial score (nSPS) is 13.6. The van der Waals surface area contributed by atoms with Gasteiger partial charge in [0, 0.05) is 35.1 Å². The maximum absolute atomic E-state index is 9.35. The van der Waals surface area contributed by atoms with Crippen LogP contribution in [-0.4, -0.2) is 20.6 Å². The van der Waals surface area contributed by atoms with E-state index in [-0.39, 0.29) is 0 Å². The van der Waals surface area contributed by atoms with E-state index in [1.54, 1.807) is 11.3 Å². The van der Waals surface area contributed by atoms with Crippen LogP contribution in [0, 0.1) is 11.3 Å². The number of nitriles is 1. The summed E-state index contributed by atoms with van der Waals surface area (Å²) >= 11 is 1.73. The van der Waals surface area contributed by atoms with Crippen molar-refractivity contribution < 1.29 is 0 Å². The molecule has 2 heterocycles. The molecule has 0 radical (unpaired) electrons. The lowest BCUT2D eigenvalue weighted by Gasteiger charge is -2.13. The highest BCUT2D eigenvalue weighted by Crippen LogP contribution is 2.35. The van der Waals surface area contributed by atoms with Crippen molar-refractivity contribution in [2.45, 2.75) is 0 Å². The maximum atomic E-state index is 9.35. The lowest BCUT2D eigenvalue weighted by atomic mass is 10.0. The zero-order valence-corrected chi connectivity index (χ0v) is 15.6. The molecule has 0 unspecified atom stereocenters. The van der Waals surface area contributed by atoms with Crippen LogP contribution in [0.5, 0.6) is 0 Å². The summed E-state index contributed by atoms with van der Waals surface area (Å²) in [7, 11) is 4.12. The molecule has 0 bridgehead atoms. The first-order valence-corrected chi connectivity index (χ1v) is 9.32. The fraction of sp³-hybridized carbons (Fsp3) is 0.136. The molecule has 0 saturated heterocycles. The van der Waals surface area contributed by atoms with Gasteiger partial charge < -0.3 is 10.2 Å². The second-order valence-electron chi connectivity index (χ2n) is 6.52. The lowest BCUT2D eigenvalue weighted by molar-refractivity contribution is 0.948. The van der Waals surface area contributed by atoms with Crippen LogP contribution in [-0.2, 0) is 0 Å². The number of benzene rings is 2. The van der Waals surface area contributed by atoms with Crippen molar-refractivity contribution in [3.63, 3.8) is 0 Å². The Morgan fingerprint density at radius 2 is 1.77 bits per heavy atom. The summed E-state index contributed by atoms with van der Waals surface area (Å²) in [4.78, 5) is 4.47. The van der Waals surface area contributed by atoms with Gasteiger partial charge in [-0.25, -0.2) is 0 Å². The average Bonchev–Trinajstić information content (AvgIpc) is 3.17. The quantitative estimate of drug-likeness (QED) is 0.715. The highest BCUT2D eigenvalue weighted by atomic mass is 32.1. The summed E-state index contributed by atoms with van der Waals surface area (Å²) in [6, 6.07) is 19.7. The van der Waals surface area contributed by atoms with Gasteiger partial charge in [-0.05, 0) is 58.9 Å². The Kier molecular flexibility index (Phi) is 4.24. The molecule has 4 rings (SSSR count). The van der Waals surface area contributed by atoms with Gasteiger partial charge in [0.2, 0.25) is 0 Å². The van der Waals surface area contributed by atoms with Crippen LogP contribution in [0.25, 0.3) is 26.8 Å². The molecule has 3 aromatic rings. The van der Waals surface area contributed by atoms with Crippen molar-refractivity contribution in [3.8, 4) is 16.5 Å². The number of nitrogens with one attached hydrogen (secondary N) is 1. The van der Waals surface area contributed by atoms with Crippen molar-refractivity contribution in [1.82, 2.24) is 5.32 Å². The molecule has 0 aliphatic carbocycles. The summed E-state index contributed by atoms with van der Waals surface area (Å²) < 4.78 is 0. The maximum Gasteiger partial charge on any atom is 0.0972 e. The minimum atomic E-state index is 0.597. The van der Waals surface area contributed by atoms with Gasteiger partial charge in [0.05, 0.1) is 18.2 Å². The number of anilines is 1. The van der Waals surface area contributed by atoms with Crippen LogP contribution >= 0.6 is 11.3 Å². The number of allylic oxidation sites excluding steroid dienone is 2. The van der Waals surface area contributed by atoms with Crippen molar-refractivity contribution in [2.24, 2.45) is 0 Å². The van der Waals surface area contributed by atoms with Gasteiger partial charge in [-0.1, -0.05) is 18.2 Å². The van der Waals surface area contributed by atoms with Gasteiger partial charge in [0.1, 0.15) is 0 Å². The number of hydrogen-bond acceptors (Lipinski definition) is 4. The van der Waals surface area contributed by atoms with Crippen LogP contribution in [0.2, 0.25) is 0 Å². The Morgan fingerprint density at radius 1 is 1.00 bits per heavy atom. The van der Waals surface area contributed by atoms with Crippen LogP contribution in [0.15, 0.2) is 66.4 Å². The number of rotatable bonds is 3. The monoisotopic (exact) mass is 357 g/mol. The van der Waals surface area contributed by atoms with E-state index in [4.69, 9.17) is 0 Å². The second-order valence-corrected chi connectivity index (χ2v) is 7.61. The number of hydrogen-bond donors (Lipinski definition) is 1. The Labute approximate surface area is 157 Å². The largest absolute Gasteiger partial charge is 0.386 e. The third-order valence-corrected chi connectivity index (χ3v) is 5.77. The van der Waals surface area contributed by atoms with Gasteiger partial charge in [-0.15, -0.1) is 11.3 Å². The van der Waals surface area contributed by atoms with Gasteiger partial charge in [-0.2, -0.15) is 5.26 Å². The van der Waals surface area contributed by atoms with E-state index in [0.29, 0.717) is 6.54 Å². The molecule has 0 saturated carbocycles. The minimum absolute atomic E-state index is 0.597. The molecule has 26 heavy (non-hydrogen) atoms. The van der Waals surface area contributed by atoms with Gasteiger partial charge in [0.25, 0.3) is 0 Å². The van der Waals surface area contributed by atoms with Crippen LogP contribution in [0.4, 0.5) is 5.69 Å². The summed E-state index contributed by atoms with van der Waals surface area (Å²) in [5, 5.41) is 14.9. The zero-order valence-electron chi connectivity index (χ0n) is 14.8. The molecule has 1 aromatic heterocycles. The van der Waals surface area contributed by atoms with Crippen molar-refractivity contribution >= 4 is 33.4 Å². The predicted octanol–water partition coefficient (Wildman–Crippen LogP) is 5.03. The van der Waals surface area contributed by atoms with Gasteiger partial charge >= 0.3 is 0 Å². The van der Waals surface area contributed by atoms with E-state index in [2.05, 4.69) is 78.9 Å². The van der Waals surface area contributed by atoms with E-state index in [0.717, 1.165) is 16.0 Å². The SMILES string of the molecule is CN(C)c1ccc2cc(-c3ccc(C4=C(C#N)CNC=C4)s3)ccc2c1. The summed E-state index contributed by atoms with van der Waals surface area (Å²) in [6.07, 6.45) is 3.90. The highest BCUT2D eigenvalue weighted by molar-refractivity contribution is 7.16. The molecule has 2 aromatic carbocycles. The summed E-state index contributed by atoms with van der Waals surface area (Å²) in [6.45, 7) is 0.597. The van der Waals surface area contributed by atoms with Gasteiger partial charge in [0.15, 0.2) is 0 Å². The van der Waals surface area contributed by atoms with Crippen molar-refractivity contribution in [1.29, 1.82) is 5.26 Å². The number of fused-ring (bicyclic) bond motifs is 1. The summed E-state index contributed by atoms with van der Waals surface area (Å²) in [5.74, 6) is 0. The average molecular weight is 357 g/mol. The Morgan fingerprint density at radius 3 is 2.58 bits per heavy atom. The molecular formula is C22H19N3S. The first-order valence-electron chi connectivity index (χ1n) is 8.50. The number of nitrogens with zero attached hydrogens (tertiary/aromatic N) is 2. The van der Waals surface area contributed by atoms with Crippen molar-refractivity contribution in [2.75, 3.05) is 25.5 Å². The molecule has 0 fully saturated rings. The molecule has 4 heteroatoms. The third-order valence-electron chi connectivity index (χ3n) is 4.60. The van der Waals surface area contributed by atoms with Crippen LogP contribution < -0.4 is 10.2 Å². The molecule has 0 amide bonds. The molecule has 0 spiro atoms. The van der Waals surface area contributed by atoms with Crippen molar-refractivity contribution in [3.05, 3.63) is 71.3 Å². The lowest BCUT2D eigenvalue weighted by Crippen LogP contribution is -2.13. The topological polar surface area (TPSA) is 39.1 Å². The standard InChI is InChI=1S/C22H19N3S/c1-25(2)19-6-5-15-11-17(4-3-16(15)12-19)21-7-8-22(26-21)20-9-10-24-14-18(20)13-23/h3-12,24H,14H2,1-2H3. The number of dihydropyridines is 1. The Bertz CT molecular complexity index is 1080. The molecular weight excluding hydrogens is 338 g/mol. The fourth-order valence-electron chi connectivity index (χ4n) is 3.13. The highest BCUT2D eigenvalue weighted by Gasteiger charge is 2.13. The van der Waals surface area contributed by atoms with E-state index in [1.807, 2.05) is 12.3 Å². The molecule has 1 aliphatic rings. The smallest absolute Gasteiger partial charge is 0.0972 e. The molecule has 1 N–H and O–H groups in total. The van der Waals surface area contributed by atoms with Crippen LogP contribution in [0.3, 0.4) is 0 Å². The predicted molar refractivity (Wildman–Crippen MR) is 111 cm³/mol. The van der Waals surface area contributed by atoms with E-state index < -0.39 is 0 Å². The summed E-state index contributed by atoms with van der Waals surface area (Å²) in [5.41, 5.74) is 4.23. The van der Waals surface area contributed by atoms with Gasteiger partial charge in [-0.3, -0.25) is 0 Å². The first kappa shape index (κ1) is 16.4. The Balaban J connectivity index is 1.72. The van der Waals surface area contributed by atoms with E-state index in [1.165, 1.54) is 26.9 Å². The fourth-order valence-corrected chi connectivity index (χ4v) is 4.19. The van der Waals surface area contributed by atoms with E-state index in [9.17, 15) is 5.26 Å². The number of thiophene rings is 1. The minimum Gasteiger partial charge on any atom is -0.386 e. The van der Waals surface area contributed by atoms with Crippen LogP contribution in [0.1, 0.15) is 4.88 Å². The molecule has 1 aliphatic heterocycles. The molecule has 3 nitrogen and oxygen atoms in total. The van der Waals surface area contributed by atoms with E-state index >= 15 is 0 Å². The first-order chi connectivity index (χ1) is 12.7. The third kappa shape index (κ3) is 2.98. The zero-order chi connectivity index (χ0) is 18.1.